The van der Waals surface area contributed by atoms with Crippen LogP contribution in [0.15, 0.2) is 20.9 Å². The van der Waals surface area contributed by atoms with Gasteiger partial charge in [-0.1, -0.05) is 16.5 Å². The molecule has 0 unspecified atom stereocenters. The van der Waals surface area contributed by atoms with E-state index in [1.807, 2.05) is 0 Å². The minimum atomic E-state index is -3.91. The zero-order valence-corrected chi connectivity index (χ0v) is 12.3. The Kier molecular flexibility index (Phi) is 4.22. The fraction of sp³-hybridized carbons (Fsp3) is 0.222. The Morgan fingerprint density at radius 3 is 2.71 bits per heavy atom. The van der Waals surface area contributed by atoms with E-state index in [1.54, 1.807) is 13.0 Å². The van der Waals surface area contributed by atoms with Crippen LogP contribution in [-0.2, 0) is 16.6 Å². The van der Waals surface area contributed by atoms with Crippen LogP contribution in [0.25, 0.3) is 0 Å². The van der Waals surface area contributed by atoms with E-state index in [1.165, 1.54) is 0 Å². The summed E-state index contributed by atoms with van der Waals surface area (Å²) in [5, 5.41) is 14.4. The molecule has 0 aliphatic carbocycles. The summed E-state index contributed by atoms with van der Waals surface area (Å²) in [4.78, 5) is 10.1. The third-order valence-electron chi connectivity index (χ3n) is 2.40. The number of thiophene rings is 1. The first-order valence-corrected chi connectivity index (χ1v) is 7.80. The van der Waals surface area contributed by atoms with Gasteiger partial charge in [0.05, 0.1) is 17.2 Å². The summed E-state index contributed by atoms with van der Waals surface area (Å²) in [6.45, 7) is 1.59. The summed E-state index contributed by atoms with van der Waals surface area (Å²) in [5.74, 6) is 5.46. The number of hydrogen-bond donors (Lipinski definition) is 3. The van der Waals surface area contributed by atoms with Crippen molar-refractivity contribution in [3.05, 3.63) is 33.7 Å². The lowest BCUT2D eigenvalue weighted by molar-refractivity contribution is -0.383. The first-order valence-electron chi connectivity index (χ1n) is 5.50. The molecule has 0 atom stereocenters. The Morgan fingerprint density at radius 2 is 2.24 bits per heavy atom. The van der Waals surface area contributed by atoms with Gasteiger partial charge in [0.25, 0.3) is 10.0 Å². The maximum Gasteiger partial charge on any atom is 0.306 e. The highest BCUT2D eigenvalue weighted by molar-refractivity contribution is 7.91. The van der Waals surface area contributed by atoms with Gasteiger partial charge in [0.15, 0.2) is 10.8 Å². The molecule has 10 nitrogen and oxygen atoms in total. The number of aromatic nitrogens is 1. The van der Waals surface area contributed by atoms with Crippen molar-refractivity contribution in [1.82, 2.24) is 9.88 Å². The Balaban J connectivity index is 2.21. The van der Waals surface area contributed by atoms with E-state index in [0.717, 1.165) is 6.07 Å². The Bertz CT molecular complexity index is 765. The molecule has 114 valence electrons. The van der Waals surface area contributed by atoms with Crippen LogP contribution in [0.3, 0.4) is 0 Å². The monoisotopic (exact) mass is 333 g/mol. The van der Waals surface area contributed by atoms with Crippen molar-refractivity contribution < 1.29 is 17.9 Å². The van der Waals surface area contributed by atoms with Crippen LogP contribution in [0.4, 0.5) is 10.7 Å². The summed E-state index contributed by atoms with van der Waals surface area (Å²) in [7, 11) is -3.91. The summed E-state index contributed by atoms with van der Waals surface area (Å²) >= 11 is 0.661. The highest BCUT2D eigenvalue weighted by atomic mass is 32.2. The maximum absolute atomic E-state index is 12.1. The third-order valence-corrected chi connectivity index (χ3v) is 5.33. The average Bonchev–Trinajstić information content (AvgIpc) is 3.02. The second-order valence-corrected chi connectivity index (χ2v) is 6.99. The molecule has 2 heterocycles. The second-order valence-electron chi connectivity index (χ2n) is 3.94. The van der Waals surface area contributed by atoms with Gasteiger partial charge in [-0.25, -0.2) is 19.0 Å². The molecule has 0 amide bonds. The molecular formula is C9H11N5O5S2. The van der Waals surface area contributed by atoms with E-state index in [0.29, 0.717) is 22.8 Å². The van der Waals surface area contributed by atoms with E-state index in [2.05, 4.69) is 15.3 Å². The number of hydrazine groups is 1. The number of nitrogens with two attached hydrogens (primary N) is 1. The summed E-state index contributed by atoms with van der Waals surface area (Å²) in [6, 6.07) is 2.51. The van der Waals surface area contributed by atoms with E-state index >= 15 is 0 Å². The second kappa shape index (κ2) is 5.77. The molecule has 0 radical (unpaired) electrons. The molecule has 2 aromatic heterocycles. The van der Waals surface area contributed by atoms with Gasteiger partial charge in [-0.2, -0.15) is 0 Å². The van der Waals surface area contributed by atoms with Crippen molar-refractivity contribution in [2.75, 3.05) is 5.43 Å². The lowest BCUT2D eigenvalue weighted by Gasteiger charge is -2.01. The van der Waals surface area contributed by atoms with Crippen LogP contribution in [0.5, 0.6) is 0 Å². The van der Waals surface area contributed by atoms with Gasteiger partial charge in [0, 0.05) is 12.1 Å². The first-order chi connectivity index (χ1) is 9.83. The van der Waals surface area contributed by atoms with Crippen LogP contribution in [0.2, 0.25) is 0 Å². The van der Waals surface area contributed by atoms with Gasteiger partial charge in [-0.05, 0) is 6.92 Å². The number of nitrogens with zero attached hydrogens (tertiary/aromatic N) is 2. The number of nitrogen functional groups attached to an aromatic ring is 1. The van der Waals surface area contributed by atoms with Crippen molar-refractivity contribution in [2.24, 2.45) is 5.84 Å². The molecule has 2 aromatic rings. The Hall–Kier alpha value is -2.02. The SMILES string of the molecule is Cc1cc(CNS(=O)(=O)c2cc([N+](=O)[O-])c(NN)s2)on1. The molecule has 12 heteroatoms. The van der Waals surface area contributed by atoms with Crippen molar-refractivity contribution in [3.8, 4) is 0 Å². The van der Waals surface area contributed by atoms with Gasteiger partial charge in [0.1, 0.15) is 4.21 Å². The minimum absolute atomic E-state index is 0.0455. The number of nitrogens with one attached hydrogen (secondary N) is 2. The van der Waals surface area contributed by atoms with Gasteiger partial charge in [-0.3, -0.25) is 10.1 Å². The van der Waals surface area contributed by atoms with Crippen LogP contribution in [0.1, 0.15) is 11.5 Å². The number of nitro groups is 1. The molecule has 21 heavy (non-hydrogen) atoms. The molecular weight excluding hydrogens is 322 g/mol. The van der Waals surface area contributed by atoms with Gasteiger partial charge in [0.2, 0.25) is 0 Å². The predicted octanol–water partition coefficient (Wildman–Crippen LogP) is 0.717. The van der Waals surface area contributed by atoms with Gasteiger partial charge >= 0.3 is 5.69 Å². The zero-order valence-electron chi connectivity index (χ0n) is 10.7. The topological polar surface area (TPSA) is 153 Å². The quantitative estimate of drug-likeness (QED) is 0.397. The largest absolute Gasteiger partial charge is 0.360 e. The van der Waals surface area contributed by atoms with Crippen LogP contribution >= 0.6 is 11.3 Å². The van der Waals surface area contributed by atoms with Crippen LogP contribution in [-0.4, -0.2) is 18.5 Å². The Morgan fingerprint density at radius 1 is 1.52 bits per heavy atom. The zero-order chi connectivity index (χ0) is 15.6. The van der Waals surface area contributed by atoms with Crippen molar-refractivity contribution in [1.29, 1.82) is 0 Å². The molecule has 2 rings (SSSR count). The minimum Gasteiger partial charge on any atom is -0.360 e. The standard InChI is InChI=1S/C9H11N5O5S2/c1-5-2-6(19-13-5)4-11-21(17,18)8-3-7(14(15)16)9(12-10)20-8/h2-3,11-12H,4,10H2,1H3. The molecule has 0 fully saturated rings. The highest BCUT2D eigenvalue weighted by Gasteiger charge is 2.26. The van der Waals surface area contributed by atoms with E-state index in [-0.39, 0.29) is 15.8 Å². The third kappa shape index (κ3) is 3.36. The summed E-state index contributed by atoms with van der Waals surface area (Å²) < 4.78 is 31.0. The fourth-order valence-electron chi connectivity index (χ4n) is 1.47. The molecule has 0 saturated carbocycles. The molecule has 0 aliphatic rings. The predicted molar refractivity (Wildman–Crippen MR) is 74.0 cm³/mol. The molecule has 0 bridgehead atoms. The van der Waals surface area contributed by atoms with Gasteiger partial charge in [-0.15, -0.1) is 0 Å². The maximum atomic E-state index is 12.1. The van der Waals surface area contributed by atoms with Crippen LogP contribution < -0.4 is 16.0 Å². The Labute approximate surface area is 123 Å². The normalized spacial score (nSPS) is 11.5. The van der Waals surface area contributed by atoms with Crippen molar-refractivity contribution in [3.63, 3.8) is 0 Å². The van der Waals surface area contributed by atoms with Crippen molar-refractivity contribution in [2.45, 2.75) is 17.7 Å². The number of rotatable bonds is 6. The number of aryl methyl sites for hydroxylation is 1. The lowest BCUT2D eigenvalue weighted by atomic mass is 10.4. The smallest absolute Gasteiger partial charge is 0.306 e. The number of hydrogen-bond acceptors (Lipinski definition) is 9. The van der Waals surface area contributed by atoms with Gasteiger partial charge < -0.3 is 9.95 Å². The van der Waals surface area contributed by atoms with Crippen molar-refractivity contribution >= 4 is 32.0 Å². The lowest BCUT2D eigenvalue weighted by Crippen LogP contribution is -2.22. The number of anilines is 1. The molecule has 0 aromatic carbocycles. The van der Waals surface area contributed by atoms with E-state index in [4.69, 9.17) is 10.4 Å². The van der Waals surface area contributed by atoms with E-state index in [9.17, 15) is 18.5 Å². The molecule has 0 spiro atoms. The summed E-state index contributed by atoms with van der Waals surface area (Å²) in [6.07, 6.45) is 0. The first kappa shape index (κ1) is 15.4. The summed E-state index contributed by atoms with van der Waals surface area (Å²) in [5.41, 5.74) is 2.31. The van der Waals surface area contributed by atoms with E-state index < -0.39 is 20.6 Å². The highest BCUT2D eigenvalue weighted by Crippen LogP contribution is 2.36. The fourth-order valence-corrected chi connectivity index (χ4v) is 3.74. The molecule has 0 aliphatic heterocycles. The van der Waals surface area contributed by atoms with Crippen LogP contribution in [0, 0.1) is 17.0 Å². The molecule has 0 saturated heterocycles. The number of sulfonamides is 1. The average molecular weight is 333 g/mol. The molecule has 4 N–H and O–H groups in total.